The molecule has 1 aromatic heterocycles. The first-order chi connectivity index (χ1) is 12.3. The number of carbonyl (C=O) groups is 2. The quantitative estimate of drug-likeness (QED) is 0.317. The number of aromatic carboxylic acids is 1. The minimum absolute atomic E-state index is 0.113. The van der Waals surface area contributed by atoms with E-state index in [1.807, 2.05) is 0 Å². The molecule has 0 saturated heterocycles. The van der Waals surface area contributed by atoms with E-state index in [1.54, 1.807) is 0 Å². The molecule has 1 unspecified atom stereocenters. The maximum absolute atomic E-state index is 12.9. The van der Waals surface area contributed by atoms with Crippen molar-refractivity contribution in [1.82, 2.24) is 5.16 Å². The van der Waals surface area contributed by atoms with Gasteiger partial charge in [0.25, 0.3) is 5.69 Å². The number of benzene rings is 1. The van der Waals surface area contributed by atoms with Crippen molar-refractivity contribution in [2.45, 2.75) is 24.5 Å². The second-order valence-electron chi connectivity index (χ2n) is 5.75. The minimum Gasteiger partial charge on any atom is -0.476 e. The van der Waals surface area contributed by atoms with Gasteiger partial charge in [-0.1, -0.05) is 11.2 Å². The van der Waals surface area contributed by atoms with Crippen molar-refractivity contribution in [3.8, 4) is 0 Å². The van der Waals surface area contributed by atoms with Gasteiger partial charge < -0.3 is 14.2 Å². The van der Waals surface area contributed by atoms with Crippen molar-refractivity contribution in [2.75, 3.05) is 0 Å². The van der Waals surface area contributed by atoms with Gasteiger partial charge in [0.15, 0.2) is 16.8 Å². The maximum atomic E-state index is 12.9. The molecule has 3 rings (SSSR count). The fraction of sp³-hybridized carbons (Fsp3) is 0.267. The summed E-state index contributed by atoms with van der Waals surface area (Å²) in [5.41, 5.74) is -1.61. The molecule has 1 aliphatic rings. The fourth-order valence-electron chi connectivity index (χ4n) is 2.58. The Hall–Kier alpha value is -2.92. The predicted molar refractivity (Wildman–Crippen MR) is 86.4 cm³/mol. The number of carbonyl (C=O) groups excluding carboxylic acids is 1. The molecule has 1 atom stereocenters. The molecule has 10 nitrogen and oxygen atoms in total. The lowest BCUT2D eigenvalue weighted by atomic mass is 9.97. The molecular formula is C15H12N2O8S. The molecule has 1 aromatic carbocycles. The number of ketones is 1. The second-order valence-corrected chi connectivity index (χ2v) is 6.69. The highest BCUT2D eigenvalue weighted by atomic mass is 32.2. The Bertz CT molecular complexity index is 947. The molecule has 26 heavy (non-hydrogen) atoms. The van der Waals surface area contributed by atoms with Crippen LogP contribution in [0.1, 0.15) is 56.5 Å². The lowest BCUT2D eigenvalue weighted by Gasteiger charge is -2.05. The molecule has 0 amide bonds. The van der Waals surface area contributed by atoms with Crippen LogP contribution in [0.5, 0.6) is 0 Å². The van der Waals surface area contributed by atoms with E-state index in [0.717, 1.165) is 12.1 Å². The monoisotopic (exact) mass is 380 g/mol. The zero-order valence-corrected chi connectivity index (χ0v) is 13.9. The molecule has 2 N–H and O–H groups in total. The molecular weight excluding hydrogens is 368 g/mol. The van der Waals surface area contributed by atoms with Gasteiger partial charge in [-0.05, 0) is 24.5 Å². The molecule has 0 bridgehead atoms. The van der Waals surface area contributed by atoms with Gasteiger partial charge in [-0.3, -0.25) is 14.9 Å². The number of rotatable bonds is 7. The third kappa shape index (κ3) is 3.39. The van der Waals surface area contributed by atoms with E-state index in [2.05, 4.69) is 5.16 Å². The molecule has 1 fully saturated rings. The summed E-state index contributed by atoms with van der Waals surface area (Å²) in [5, 5.41) is 24.0. The van der Waals surface area contributed by atoms with Crippen LogP contribution in [0, 0.1) is 10.1 Å². The topological polar surface area (TPSA) is 161 Å². The van der Waals surface area contributed by atoms with Gasteiger partial charge >= 0.3 is 5.97 Å². The number of hydrogen-bond acceptors (Lipinski definition) is 7. The van der Waals surface area contributed by atoms with E-state index in [0.29, 0.717) is 12.8 Å². The smallest absolute Gasteiger partial charge is 0.358 e. The Morgan fingerprint density at radius 3 is 2.62 bits per heavy atom. The van der Waals surface area contributed by atoms with Crippen LogP contribution in [0.25, 0.3) is 0 Å². The number of hydrogen-bond donors (Lipinski definition) is 2. The third-order valence-corrected chi connectivity index (χ3v) is 4.47. The standard InChI is InChI=1S/C15H12N2O8S/c18-13(11-12(15(19)20)16-25-14(11)8-2-3-8)9-4-1-7(6-26(23)24)5-10(9)17(21)22/h1,4-5,8H,2-3,6H2,(H,19,20)(H,23,24). The van der Waals surface area contributed by atoms with Gasteiger partial charge in [-0.15, -0.1) is 0 Å². The second kappa shape index (κ2) is 6.77. The largest absolute Gasteiger partial charge is 0.476 e. The Kier molecular flexibility index (Phi) is 4.66. The van der Waals surface area contributed by atoms with Crippen LogP contribution in [0.3, 0.4) is 0 Å². The van der Waals surface area contributed by atoms with Crippen LogP contribution in [0.4, 0.5) is 5.69 Å². The predicted octanol–water partition coefficient (Wildman–Crippen LogP) is 2.11. The van der Waals surface area contributed by atoms with Crippen LogP contribution in [-0.4, -0.2) is 35.7 Å². The van der Waals surface area contributed by atoms with E-state index >= 15 is 0 Å². The maximum Gasteiger partial charge on any atom is 0.358 e. The van der Waals surface area contributed by atoms with E-state index in [9.17, 15) is 29.0 Å². The van der Waals surface area contributed by atoms with Crippen molar-refractivity contribution in [2.24, 2.45) is 0 Å². The first kappa shape index (κ1) is 17.9. The zero-order chi connectivity index (χ0) is 19.0. The summed E-state index contributed by atoms with van der Waals surface area (Å²) in [5.74, 6) is -2.71. The van der Waals surface area contributed by atoms with E-state index in [1.165, 1.54) is 6.07 Å². The van der Waals surface area contributed by atoms with Crippen LogP contribution < -0.4 is 0 Å². The first-order valence-corrected chi connectivity index (χ1v) is 8.69. The molecule has 0 aliphatic heterocycles. The number of nitrogens with zero attached hydrogens (tertiary/aromatic N) is 2. The molecule has 1 aliphatic carbocycles. The van der Waals surface area contributed by atoms with Crippen LogP contribution >= 0.6 is 0 Å². The van der Waals surface area contributed by atoms with Crippen molar-refractivity contribution in [1.29, 1.82) is 0 Å². The Labute approximate surface area is 148 Å². The summed E-state index contributed by atoms with van der Waals surface area (Å²) >= 11 is -2.21. The molecule has 136 valence electrons. The van der Waals surface area contributed by atoms with Gasteiger partial charge in [0.05, 0.1) is 10.7 Å². The number of carboxylic acids is 1. The molecule has 0 spiro atoms. The molecule has 1 heterocycles. The van der Waals surface area contributed by atoms with Crippen molar-refractivity contribution < 1.29 is 32.9 Å². The SMILES string of the molecule is O=C(O)c1noc(C2CC2)c1C(=O)c1ccc(CS(=O)O)cc1[N+](=O)[O-]. The Morgan fingerprint density at radius 1 is 1.38 bits per heavy atom. The third-order valence-electron chi connectivity index (χ3n) is 3.89. The summed E-state index contributed by atoms with van der Waals surface area (Å²) in [6.45, 7) is 0. The first-order valence-electron chi connectivity index (χ1n) is 7.42. The van der Waals surface area contributed by atoms with E-state index in [4.69, 9.17) is 9.08 Å². The van der Waals surface area contributed by atoms with Crippen molar-refractivity contribution in [3.63, 3.8) is 0 Å². The number of aromatic nitrogens is 1. The summed E-state index contributed by atoms with van der Waals surface area (Å²) in [7, 11) is 0. The van der Waals surface area contributed by atoms with Gasteiger partial charge in [0.1, 0.15) is 11.1 Å². The lowest BCUT2D eigenvalue weighted by Crippen LogP contribution is -2.12. The van der Waals surface area contributed by atoms with Crippen molar-refractivity contribution in [3.05, 3.63) is 56.5 Å². The summed E-state index contributed by atoms with van der Waals surface area (Å²) < 4.78 is 24.8. The average molecular weight is 380 g/mol. The normalized spacial score (nSPS) is 14.8. The molecule has 0 radical (unpaired) electrons. The van der Waals surface area contributed by atoms with Gasteiger partial charge in [-0.2, -0.15) is 0 Å². The Morgan fingerprint density at radius 2 is 2.08 bits per heavy atom. The minimum atomic E-state index is -2.21. The van der Waals surface area contributed by atoms with Crippen LogP contribution in [0.15, 0.2) is 22.7 Å². The van der Waals surface area contributed by atoms with E-state index in [-0.39, 0.29) is 34.1 Å². The number of nitro groups is 1. The van der Waals surface area contributed by atoms with Gasteiger partial charge in [0, 0.05) is 12.0 Å². The van der Waals surface area contributed by atoms with Crippen LogP contribution in [-0.2, 0) is 16.8 Å². The lowest BCUT2D eigenvalue weighted by molar-refractivity contribution is -0.385. The number of nitro benzene ring substituents is 1. The molecule has 1 saturated carbocycles. The van der Waals surface area contributed by atoms with Crippen molar-refractivity contribution >= 4 is 28.5 Å². The van der Waals surface area contributed by atoms with Crippen LogP contribution in [0.2, 0.25) is 0 Å². The highest BCUT2D eigenvalue weighted by Crippen LogP contribution is 2.43. The highest BCUT2D eigenvalue weighted by Gasteiger charge is 2.38. The fourth-order valence-corrected chi connectivity index (χ4v) is 3.04. The summed E-state index contributed by atoms with van der Waals surface area (Å²) in [4.78, 5) is 34.7. The molecule has 2 aromatic rings. The Balaban J connectivity index is 2.11. The highest BCUT2D eigenvalue weighted by molar-refractivity contribution is 7.78. The van der Waals surface area contributed by atoms with Gasteiger partial charge in [0.2, 0.25) is 11.5 Å². The number of carboxylic acid groups (broad SMARTS) is 1. The zero-order valence-electron chi connectivity index (χ0n) is 13.1. The summed E-state index contributed by atoms with van der Waals surface area (Å²) in [6.07, 6.45) is 1.41. The van der Waals surface area contributed by atoms with Gasteiger partial charge in [-0.25, -0.2) is 9.00 Å². The van der Waals surface area contributed by atoms with E-state index < -0.39 is 39.1 Å². The average Bonchev–Trinajstić information content (AvgIpc) is 3.31. The molecule has 11 heteroatoms. The summed E-state index contributed by atoms with van der Waals surface area (Å²) in [6, 6.07) is 3.46.